The first-order valence-corrected chi connectivity index (χ1v) is 7.98. The predicted octanol–water partition coefficient (Wildman–Crippen LogP) is 3.52. The molecule has 0 aliphatic rings. The maximum absolute atomic E-state index is 13.0. The van der Waals surface area contributed by atoms with Crippen LogP contribution < -0.4 is 15.8 Å². The minimum atomic E-state index is -0.556. The van der Waals surface area contributed by atoms with Crippen molar-refractivity contribution in [2.24, 2.45) is 0 Å². The van der Waals surface area contributed by atoms with E-state index in [-0.39, 0.29) is 5.69 Å². The first-order chi connectivity index (χ1) is 12.6. The highest BCUT2D eigenvalue weighted by molar-refractivity contribution is 6.04. The van der Waals surface area contributed by atoms with Crippen LogP contribution in [0.4, 0.5) is 15.8 Å². The van der Waals surface area contributed by atoms with E-state index in [0.29, 0.717) is 29.3 Å². The summed E-state index contributed by atoms with van der Waals surface area (Å²) in [6.45, 7) is 2.39. The Morgan fingerprint density at radius 1 is 1.12 bits per heavy atom. The Bertz CT molecular complexity index is 912. The van der Waals surface area contributed by atoms with Crippen LogP contribution in [0.3, 0.4) is 0 Å². The number of nitrogen functional groups attached to an aromatic ring is 1. The van der Waals surface area contributed by atoms with Gasteiger partial charge in [0.05, 0.1) is 24.2 Å². The number of carbonyl (C=O) groups is 1. The van der Waals surface area contributed by atoms with Gasteiger partial charge in [-0.1, -0.05) is 6.07 Å². The van der Waals surface area contributed by atoms with E-state index >= 15 is 0 Å². The Labute approximate surface area is 149 Å². The maximum Gasteiger partial charge on any atom is 0.274 e. The van der Waals surface area contributed by atoms with E-state index in [4.69, 9.17) is 10.5 Å². The van der Waals surface area contributed by atoms with Crippen LogP contribution >= 0.6 is 0 Å². The summed E-state index contributed by atoms with van der Waals surface area (Å²) in [7, 11) is 0. The van der Waals surface area contributed by atoms with E-state index in [1.165, 1.54) is 18.5 Å². The number of nitrogens with one attached hydrogen (secondary N) is 1. The molecule has 7 heteroatoms. The molecule has 0 fully saturated rings. The molecule has 2 heterocycles. The van der Waals surface area contributed by atoms with E-state index < -0.39 is 11.9 Å². The highest BCUT2D eigenvalue weighted by Crippen LogP contribution is 2.27. The van der Waals surface area contributed by atoms with Crippen molar-refractivity contribution < 1.29 is 13.9 Å². The molecule has 1 amide bonds. The predicted molar refractivity (Wildman–Crippen MR) is 97.4 cm³/mol. The Kier molecular flexibility index (Phi) is 5.07. The number of aromatic nitrogens is 2. The summed E-state index contributed by atoms with van der Waals surface area (Å²) in [5, 5.41) is 2.74. The molecular weight excluding hydrogens is 335 g/mol. The molecule has 3 rings (SSSR count). The lowest BCUT2D eigenvalue weighted by atomic mass is 10.1. The zero-order valence-corrected chi connectivity index (χ0v) is 14.1. The van der Waals surface area contributed by atoms with E-state index in [9.17, 15) is 9.18 Å². The molecule has 26 heavy (non-hydrogen) atoms. The smallest absolute Gasteiger partial charge is 0.274 e. The standard InChI is InChI=1S/C19H17FN4O2/c1-2-26-14-5-7-16(22-11-14)19(25)24-17-9-12(3-6-15(17)21)13-4-8-18(20)23-10-13/h3-11H,2,21H2,1H3,(H,24,25). The lowest BCUT2D eigenvalue weighted by molar-refractivity contribution is 0.102. The molecule has 0 radical (unpaired) electrons. The van der Waals surface area contributed by atoms with Gasteiger partial charge in [-0.2, -0.15) is 4.39 Å². The number of rotatable bonds is 5. The third-order valence-corrected chi connectivity index (χ3v) is 3.64. The Hall–Kier alpha value is -3.48. The Balaban J connectivity index is 1.81. The molecule has 0 saturated heterocycles. The molecule has 132 valence electrons. The van der Waals surface area contributed by atoms with Gasteiger partial charge in [0.2, 0.25) is 5.95 Å². The molecule has 3 aromatic rings. The molecule has 2 aromatic heterocycles. The molecule has 0 aliphatic heterocycles. The molecule has 0 unspecified atom stereocenters. The number of ether oxygens (including phenoxy) is 1. The lowest BCUT2D eigenvalue weighted by Crippen LogP contribution is -2.14. The van der Waals surface area contributed by atoms with Crippen LogP contribution in [0, 0.1) is 5.95 Å². The normalized spacial score (nSPS) is 10.4. The third kappa shape index (κ3) is 3.94. The molecule has 0 saturated carbocycles. The highest BCUT2D eigenvalue weighted by Gasteiger charge is 2.11. The van der Waals surface area contributed by atoms with Crippen LogP contribution in [0.1, 0.15) is 17.4 Å². The van der Waals surface area contributed by atoms with E-state index in [1.54, 1.807) is 36.4 Å². The SMILES string of the molecule is CCOc1ccc(C(=O)Nc2cc(-c3ccc(F)nc3)ccc2N)nc1. The summed E-state index contributed by atoms with van der Waals surface area (Å²) in [5.74, 6) is -0.359. The third-order valence-electron chi connectivity index (χ3n) is 3.64. The van der Waals surface area contributed by atoms with Gasteiger partial charge in [-0.15, -0.1) is 0 Å². The van der Waals surface area contributed by atoms with Crippen molar-refractivity contribution in [3.8, 4) is 16.9 Å². The molecule has 3 N–H and O–H groups in total. The van der Waals surface area contributed by atoms with Gasteiger partial charge in [-0.05, 0) is 48.9 Å². The summed E-state index contributed by atoms with van der Waals surface area (Å²) in [6.07, 6.45) is 2.91. The fourth-order valence-corrected chi connectivity index (χ4v) is 2.34. The molecule has 0 bridgehead atoms. The second-order valence-corrected chi connectivity index (χ2v) is 5.44. The van der Waals surface area contributed by atoms with Crippen molar-refractivity contribution in [1.29, 1.82) is 0 Å². The van der Waals surface area contributed by atoms with E-state index in [0.717, 1.165) is 5.56 Å². The maximum atomic E-state index is 13.0. The molecular formula is C19H17FN4O2. The van der Waals surface area contributed by atoms with Gasteiger partial charge in [0, 0.05) is 11.8 Å². The van der Waals surface area contributed by atoms with Crippen LogP contribution in [0.2, 0.25) is 0 Å². The summed E-state index contributed by atoms with van der Waals surface area (Å²) < 4.78 is 18.3. The van der Waals surface area contributed by atoms with Gasteiger partial charge in [0.1, 0.15) is 11.4 Å². The van der Waals surface area contributed by atoms with Crippen molar-refractivity contribution >= 4 is 17.3 Å². The number of halogens is 1. The van der Waals surface area contributed by atoms with Gasteiger partial charge >= 0.3 is 0 Å². The second-order valence-electron chi connectivity index (χ2n) is 5.44. The quantitative estimate of drug-likeness (QED) is 0.542. The van der Waals surface area contributed by atoms with Crippen molar-refractivity contribution in [1.82, 2.24) is 9.97 Å². The van der Waals surface area contributed by atoms with Crippen molar-refractivity contribution in [2.75, 3.05) is 17.7 Å². The Morgan fingerprint density at radius 2 is 1.92 bits per heavy atom. The summed E-state index contributed by atoms with van der Waals surface area (Å²) in [6, 6.07) is 11.3. The monoisotopic (exact) mass is 352 g/mol. The van der Waals surface area contributed by atoms with Gasteiger partial charge < -0.3 is 15.8 Å². The average Bonchev–Trinajstić information content (AvgIpc) is 2.65. The van der Waals surface area contributed by atoms with Gasteiger partial charge in [-0.3, -0.25) is 4.79 Å². The Morgan fingerprint density at radius 3 is 2.58 bits per heavy atom. The van der Waals surface area contributed by atoms with Gasteiger partial charge in [0.15, 0.2) is 0 Å². The summed E-state index contributed by atoms with van der Waals surface area (Å²) in [5.41, 5.74) is 8.49. The minimum Gasteiger partial charge on any atom is -0.492 e. The van der Waals surface area contributed by atoms with E-state index in [2.05, 4.69) is 15.3 Å². The fourth-order valence-electron chi connectivity index (χ4n) is 2.34. The zero-order valence-electron chi connectivity index (χ0n) is 14.1. The highest BCUT2D eigenvalue weighted by atomic mass is 19.1. The number of nitrogens with two attached hydrogens (primary N) is 1. The van der Waals surface area contributed by atoms with Crippen LogP contribution in [-0.2, 0) is 0 Å². The van der Waals surface area contributed by atoms with Crippen LogP contribution in [0.25, 0.3) is 11.1 Å². The number of carbonyl (C=O) groups excluding carboxylic acids is 1. The second kappa shape index (κ2) is 7.60. The van der Waals surface area contributed by atoms with E-state index in [1.807, 2.05) is 6.92 Å². The van der Waals surface area contributed by atoms with Crippen molar-refractivity contribution in [3.05, 3.63) is 66.5 Å². The summed E-state index contributed by atoms with van der Waals surface area (Å²) >= 11 is 0. The molecule has 6 nitrogen and oxygen atoms in total. The number of hydrogen-bond donors (Lipinski definition) is 2. The molecule has 0 aliphatic carbocycles. The first-order valence-electron chi connectivity index (χ1n) is 7.98. The lowest BCUT2D eigenvalue weighted by Gasteiger charge is -2.11. The minimum absolute atomic E-state index is 0.238. The number of hydrogen-bond acceptors (Lipinski definition) is 5. The summed E-state index contributed by atoms with van der Waals surface area (Å²) in [4.78, 5) is 20.1. The van der Waals surface area contributed by atoms with Gasteiger partial charge in [-0.25, -0.2) is 9.97 Å². The molecule has 0 atom stereocenters. The largest absolute Gasteiger partial charge is 0.492 e. The van der Waals surface area contributed by atoms with Crippen LogP contribution in [0.5, 0.6) is 5.75 Å². The zero-order chi connectivity index (χ0) is 18.5. The number of nitrogens with zero attached hydrogens (tertiary/aromatic N) is 2. The number of benzene rings is 1. The number of pyridine rings is 2. The van der Waals surface area contributed by atoms with Gasteiger partial charge in [0.25, 0.3) is 5.91 Å². The van der Waals surface area contributed by atoms with Crippen LogP contribution in [-0.4, -0.2) is 22.5 Å². The first kappa shape index (κ1) is 17.3. The fraction of sp³-hybridized carbons (Fsp3) is 0.105. The molecule has 0 spiro atoms. The van der Waals surface area contributed by atoms with Crippen molar-refractivity contribution in [3.63, 3.8) is 0 Å². The number of amides is 1. The van der Waals surface area contributed by atoms with Crippen molar-refractivity contribution in [2.45, 2.75) is 6.92 Å². The molecule has 1 aromatic carbocycles. The van der Waals surface area contributed by atoms with Crippen LogP contribution in [0.15, 0.2) is 54.9 Å². The average molecular weight is 352 g/mol. The topological polar surface area (TPSA) is 90.1 Å². The number of anilines is 2.